The van der Waals surface area contributed by atoms with Crippen LogP contribution < -0.4 is 0 Å². The minimum absolute atomic E-state index is 0.0369. The normalized spacial score (nSPS) is 48.0. The van der Waals surface area contributed by atoms with Gasteiger partial charge in [0.1, 0.15) is 18.4 Å². The lowest BCUT2D eigenvalue weighted by molar-refractivity contribution is -0.286. The van der Waals surface area contributed by atoms with E-state index in [0.717, 1.165) is 6.08 Å². The molecule has 0 aliphatic heterocycles. The zero-order valence-corrected chi connectivity index (χ0v) is 18.9. The fourth-order valence-corrected chi connectivity index (χ4v) is 7.43. The number of carbonyl (C=O) groups excluding carboxylic acids is 2. The van der Waals surface area contributed by atoms with Gasteiger partial charge < -0.3 is 20.1 Å². The maximum atomic E-state index is 17.1. The van der Waals surface area contributed by atoms with Gasteiger partial charge in [0.2, 0.25) is 0 Å². The van der Waals surface area contributed by atoms with Crippen LogP contribution in [0.15, 0.2) is 23.8 Å². The number of hydrogen-bond donors (Lipinski definition) is 3. The van der Waals surface area contributed by atoms with Gasteiger partial charge in [0.05, 0.1) is 6.10 Å². The Morgan fingerprint density at radius 1 is 1.31 bits per heavy atom. The monoisotopic (exact) mass is 454 g/mol. The Hall–Kier alpha value is -1.48. The summed E-state index contributed by atoms with van der Waals surface area (Å²) in [4.78, 5) is 24.9. The minimum Gasteiger partial charge on any atom is -0.390 e. The van der Waals surface area contributed by atoms with E-state index in [-0.39, 0.29) is 24.8 Å². The van der Waals surface area contributed by atoms with Gasteiger partial charge in [0.15, 0.2) is 23.0 Å². The first-order valence-electron chi connectivity index (χ1n) is 11.2. The Kier molecular flexibility index (Phi) is 5.19. The molecule has 32 heavy (non-hydrogen) atoms. The second-order valence-electron chi connectivity index (χ2n) is 10.9. The molecule has 0 aromatic heterocycles. The van der Waals surface area contributed by atoms with Crippen molar-refractivity contribution in [1.29, 1.82) is 0 Å². The molecule has 0 heterocycles. The van der Waals surface area contributed by atoms with Crippen LogP contribution in [0.4, 0.5) is 8.78 Å². The van der Waals surface area contributed by atoms with E-state index in [1.807, 2.05) is 0 Å². The molecule has 8 atom stereocenters. The fraction of sp³-hybridized carbons (Fsp3) is 0.750. The van der Waals surface area contributed by atoms with Crippen molar-refractivity contribution in [3.05, 3.63) is 23.8 Å². The first-order chi connectivity index (χ1) is 14.7. The Morgan fingerprint density at radius 2 is 1.97 bits per heavy atom. The van der Waals surface area contributed by atoms with Gasteiger partial charge in [-0.2, -0.15) is 0 Å². The van der Waals surface area contributed by atoms with Crippen molar-refractivity contribution in [2.24, 2.45) is 22.7 Å². The van der Waals surface area contributed by atoms with E-state index in [4.69, 9.17) is 4.74 Å². The molecule has 178 valence electrons. The second-order valence-corrected chi connectivity index (χ2v) is 10.9. The topological polar surface area (TPSA) is 104 Å². The molecule has 8 heteroatoms. The molecular weight excluding hydrogens is 422 g/mol. The van der Waals surface area contributed by atoms with Crippen LogP contribution >= 0.6 is 0 Å². The van der Waals surface area contributed by atoms with Crippen LogP contribution in [0.1, 0.15) is 53.4 Å². The van der Waals surface area contributed by atoms with E-state index in [0.29, 0.717) is 6.42 Å². The van der Waals surface area contributed by atoms with Crippen LogP contribution in [0.5, 0.6) is 0 Å². The molecule has 0 radical (unpaired) electrons. The van der Waals surface area contributed by atoms with Gasteiger partial charge in [-0.15, -0.1) is 0 Å². The molecule has 0 aromatic rings. The van der Waals surface area contributed by atoms with Crippen molar-refractivity contribution in [2.75, 3.05) is 6.61 Å². The maximum Gasteiger partial charge on any atom is 0.190 e. The van der Waals surface area contributed by atoms with Gasteiger partial charge in [-0.05, 0) is 70.1 Å². The number of allylic oxidation sites excluding steroid dienone is 4. The maximum absolute atomic E-state index is 17.1. The third-order valence-corrected chi connectivity index (χ3v) is 8.77. The zero-order valence-electron chi connectivity index (χ0n) is 18.9. The number of carbonyl (C=O) groups is 2. The quantitative estimate of drug-likeness (QED) is 0.564. The predicted octanol–water partition coefficient (Wildman–Crippen LogP) is 2.35. The average Bonchev–Trinajstić information content (AvgIpc) is 2.96. The molecule has 0 amide bonds. The highest BCUT2D eigenvalue weighted by Crippen LogP contribution is 2.70. The van der Waals surface area contributed by atoms with Crippen molar-refractivity contribution < 1.29 is 38.4 Å². The summed E-state index contributed by atoms with van der Waals surface area (Å²) in [5.41, 5.74) is -6.51. The molecule has 0 bridgehead atoms. The summed E-state index contributed by atoms with van der Waals surface area (Å²) in [6.45, 7) is 5.12. The van der Waals surface area contributed by atoms with Gasteiger partial charge in [-0.1, -0.05) is 13.0 Å². The summed E-state index contributed by atoms with van der Waals surface area (Å²) in [5.74, 6) is -4.28. The minimum atomic E-state index is -2.25. The number of ether oxygens (including phenoxy) is 1. The van der Waals surface area contributed by atoms with E-state index in [1.54, 1.807) is 6.92 Å². The van der Waals surface area contributed by atoms with Crippen LogP contribution in [0.3, 0.4) is 0 Å². The number of halogens is 2. The van der Waals surface area contributed by atoms with Crippen LogP contribution in [0, 0.1) is 22.7 Å². The third-order valence-electron chi connectivity index (χ3n) is 8.77. The molecule has 4 unspecified atom stereocenters. The third kappa shape index (κ3) is 2.82. The molecular formula is C24H32F2O6. The number of aliphatic hydroxyl groups excluding tert-OH is 2. The van der Waals surface area contributed by atoms with Gasteiger partial charge >= 0.3 is 0 Å². The molecule has 0 spiro atoms. The van der Waals surface area contributed by atoms with E-state index >= 15 is 8.78 Å². The summed E-state index contributed by atoms with van der Waals surface area (Å²) in [6, 6.07) is 0. The number of alkyl halides is 2. The number of rotatable bonds is 4. The molecule has 4 aliphatic rings. The van der Waals surface area contributed by atoms with Crippen molar-refractivity contribution in [3.63, 3.8) is 0 Å². The van der Waals surface area contributed by atoms with Gasteiger partial charge in [0.25, 0.3) is 0 Å². The number of fused-ring (bicyclic) bond motifs is 5. The molecule has 6 nitrogen and oxygen atoms in total. The van der Waals surface area contributed by atoms with Crippen LogP contribution in [0.2, 0.25) is 0 Å². The Morgan fingerprint density at radius 3 is 2.56 bits per heavy atom. The average molecular weight is 455 g/mol. The summed E-state index contributed by atoms with van der Waals surface area (Å²) in [5, 5.41) is 31.4. The lowest BCUT2D eigenvalue weighted by atomic mass is 9.44. The molecule has 3 saturated carbocycles. The van der Waals surface area contributed by atoms with Gasteiger partial charge in [-0.3, -0.25) is 9.59 Å². The van der Waals surface area contributed by atoms with Crippen LogP contribution in [-0.2, 0) is 14.3 Å². The summed E-state index contributed by atoms with van der Waals surface area (Å²) < 4.78 is 38.4. The number of aliphatic hydroxyl groups is 3. The Labute approximate surface area is 186 Å². The van der Waals surface area contributed by atoms with E-state index in [1.165, 1.54) is 32.9 Å². The molecule has 0 saturated heterocycles. The van der Waals surface area contributed by atoms with E-state index < -0.39 is 70.2 Å². The van der Waals surface area contributed by atoms with Crippen molar-refractivity contribution in [3.8, 4) is 0 Å². The van der Waals surface area contributed by atoms with Crippen molar-refractivity contribution in [1.82, 2.24) is 0 Å². The van der Waals surface area contributed by atoms with Gasteiger partial charge in [-0.25, -0.2) is 8.78 Å². The van der Waals surface area contributed by atoms with Crippen LogP contribution in [-0.4, -0.2) is 62.8 Å². The Balaban J connectivity index is 1.85. The fourth-order valence-electron chi connectivity index (χ4n) is 7.43. The Bertz CT molecular complexity index is 909. The summed E-state index contributed by atoms with van der Waals surface area (Å²) in [7, 11) is 0. The van der Waals surface area contributed by atoms with E-state index in [9.17, 15) is 24.9 Å². The highest BCUT2D eigenvalue weighted by molar-refractivity contribution is 6.01. The molecule has 3 N–H and O–H groups in total. The highest BCUT2D eigenvalue weighted by atomic mass is 19.1. The molecule has 4 rings (SSSR count). The SMILES string of the molecule is CC(C)(O)O[C@]1(C(=O)CO)CCC2C3C[C@H](F)C4=CC(=O)C=CC4(C)[C@@]3(F)[C@@H](O)CC21C. The smallest absolute Gasteiger partial charge is 0.190 e. The number of Topliss-reactive ketones (excluding diaryl/α,β-unsaturated/α-hetero) is 1. The van der Waals surface area contributed by atoms with Gasteiger partial charge in [0, 0.05) is 16.7 Å². The highest BCUT2D eigenvalue weighted by Gasteiger charge is 2.76. The van der Waals surface area contributed by atoms with E-state index in [2.05, 4.69) is 0 Å². The lowest BCUT2D eigenvalue weighted by Gasteiger charge is -2.63. The zero-order chi connectivity index (χ0) is 23.9. The molecule has 3 fully saturated rings. The van der Waals surface area contributed by atoms with Crippen molar-refractivity contribution >= 4 is 11.6 Å². The largest absolute Gasteiger partial charge is 0.390 e. The second kappa shape index (κ2) is 7.01. The predicted molar refractivity (Wildman–Crippen MR) is 111 cm³/mol. The molecule has 4 aliphatic carbocycles. The number of ketones is 2. The van der Waals surface area contributed by atoms with Crippen molar-refractivity contribution in [2.45, 2.75) is 82.7 Å². The van der Waals surface area contributed by atoms with Crippen LogP contribution in [0.25, 0.3) is 0 Å². The standard InChI is InChI=1S/C24H32F2O6/c1-20(2,31)32-23(19(30)12-27)8-6-14-15-10-17(25)16-9-13(28)5-7-21(16,3)24(15,26)18(29)11-22(14,23)4/h5,7,9,14-15,17-18,27,29,31H,6,8,10-12H2,1-4H3/t14?,15?,17-,18-,21?,22?,23-,24-/m0/s1. The summed E-state index contributed by atoms with van der Waals surface area (Å²) in [6.07, 6.45) is 0.575. The number of hydrogen-bond acceptors (Lipinski definition) is 6. The lowest BCUT2D eigenvalue weighted by Crippen LogP contribution is -2.71. The first-order valence-corrected chi connectivity index (χ1v) is 11.2. The molecule has 0 aromatic carbocycles. The summed E-state index contributed by atoms with van der Waals surface area (Å²) >= 11 is 0. The first kappa shape index (κ1) is 23.7.